The first-order valence-corrected chi connectivity index (χ1v) is 5.64. The quantitative estimate of drug-likeness (QED) is 0.774. The Hall–Kier alpha value is -1.96. The van der Waals surface area contributed by atoms with Crippen LogP contribution in [-0.4, -0.2) is 10.2 Å². The van der Waals surface area contributed by atoms with Gasteiger partial charge in [-0.1, -0.05) is 18.2 Å². The zero-order valence-electron chi connectivity index (χ0n) is 10.1. The number of rotatable bonds is 2. The van der Waals surface area contributed by atoms with Gasteiger partial charge in [-0.15, -0.1) is 0 Å². The molecule has 2 heteroatoms. The molecule has 0 atom stereocenters. The van der Waals surface area contributed by atoms with Crippen molar-refractivity contribution >= 4 is 0 Å². The highest BCUT2D eigenvalue weighted by Crippen LogP contribution is 2.26. The summed E-state index contributed by atoms with van der Waals surface area (Å²) < 4.78 is 0. The molecule has 0 amide bonds. The largest absolute Gasteiger partial charge is 0.508 e. The van der Waals surface area contributed by atoms with Crippen molar-refractivity contribution in [1.82, 2.24) is 0 Å². The molecule has 0 spiro atoms. The Kier molecular flexibility index (Phi) is 3.05. The molecule has 2 rings (SSSR count). The molecule has 0 aliphatic carbocycles. The molecule has 2 N–H and O–H groups in total. The lowest BCUT2D eigenvalue weighted by Gasteiger charge is -2.10. The molecule has 88 valence electrons. The van der Waals surface area contributed by atoms with Gasteiger partial charge in [0.15, 0.2) is 0 Å². The van der Waals surface area contributed by atoms with Crippen molar-refractivity contribution in [3.8, 4) is 11.5 Å². The molecule has 0 saturated carbocycles. The summed E-state index contributed by atoms with van der Waals surface area (Å²) in [5, 5.41) is 19.2. The molecule has 0 bridgehead atoms. The number of phenols is 2. The second-order valence-corrected chi connectivity index (χ2v) is 4.35. The van der Waals surface area contributed by atoms with E-state index >= 15 is 0 Å². The van der Waals surface area contributed by atoms with E-state index in [9.17, 15) is 10.2 Å². The number of hydrogen-bond donors (Lipinski definition) is 2. The van der Waals surface area contributed by atoms with E-state index in [-0.39, 0.29) is 11.5 Å². The van der Waals surface area contributed by atoms with E-state index in [0.717, 1.165) is 5.56 Å². The summed E-state index contributed by atoms with van der Waals surface area (Å²) in [6.07, 6.45) is 0.633. The van der Waals surface area contributed by atoms with Crippen LogP contribution in [0.2, 0.25) is 0 Å². The van der Waals surface area contributed by atoms with Crippen LogP contribution in [0.15, 0.2) is 36.4 Å². The van der Waals surface area contributed by atoms with Crippen molar-refractivity contribution in [3.63, 3.8) is 0 Å². The van der Waals surface area contributed by atoms with Crippen LogP contribution in [0.25, 0.3) is 0 Å². The van der Waals surface area contributed by atoms with Crippen LogP contribution < -0.4 is 0 Å². The van der Waals surface area contributed by atoms with Gasteiger partial charge in [0, 0.05) is 12.0 Å². The third-order valence-corrected chi connectivity index (χ3v) is 3.16. The predicted molar refractivity (Wildman–Crippen MR) is 68.5 cm³/mol. The molecule has 17 heavy (non-hydrogen) atoms. The highest BCUT2D eigenvalue weighted by molar-refractivity contribution is 5.44. The minimum Gasteiger partial charge on any atom is -0.508 e. The topological polar surface area (TPSA) is 40.5 Å². The maximum atomic E-state index is 9.75. The lowest BCUT2D eigenvalue weighted by molar-refractivity contribution is 0.455. The number of phenolic OH excluding ortho intramolecular Hbond substituents is 2. The Morgan fingerprint density at radius 3 is 2.47 bits per heavy atom. The van der Waals surface area contributed by atoms with Crippen molar-refractivity contribution in [2.24, 2.45) is 0 Å². The molecule has 2 aromatic carbocycles. The lowest BCUT2D eigenvalue weighted by atomic mass is 9.97. The van der Waals surface area contributed by atoms with Gasteiger partial charge in [0.2, 0.25) is 0 Å². The molecule has 0 aliphatic heterocycles. The summed E-state index contributed by atoms with van der Waals surface area (Å²) in [7, 11) is 0. The van der Waals surface area contributed by atoms with Gasteiger partial charge in [0.25, 0.3) is 0 Å². The fourth-order valence-electron chi connectivity index (χ4n) is 1.92. The summed E-state index contributed by atoms with van der Waals surface area (Å²) in [5.41, 5.74) is 4.39. The highest BCUT2D eigenvalue weighted by Gasteiger charge is 2.06. The molecule has 0 saturated heterocycles. The summed E-state index contributed by atoms with van der Waals surface area (Å²) in [4.78, 5) is 0. The Labute approximate surface area is 101 Å². The predicted octanol–water partition coefficient (Wildman–Crippen LogP) is 3.31. The van der Waals surface area contributed by atoms with Gasteiger partial charge in [0.05, 0.1) is 0 Å². The van der Waals surface area contributed by atoms with Crippen LogP contribution in [0.1, 0.15) is 22.3 Å². The average molecular weight is 228 g/mol. The van der Waals surface area contributed by atoms with Gasteiger partial charge >= 0.3 is 0 Å². The third kappa shape index (κ3) is 2.41. The molecular formula is C15H16O2. The van der Waals surface area contributed by atoms with E-state index in [1.807, 2.05) is 12.1 Å². The van der Waals surface area contributed by atoms with Crippen molar-refractivity contribution in [1.29, 1.82) is 0 Å². The molecule has 0 heterocycles. The fraction of sp³-hybridized carbons (Fsp3) is 0.200. The summed E-state index contributed by atoms with van der Waals surface area (Å²) in [5.74, 6) is 0.409. The molecular weight excluding hydrogens is 212 g/mol. The minimum atomic E-state index is 0.183. The van der Waals surface area contributed by atoms with Crippen LogP contribution in [0, 0.1) is 13.8 Å². The van der Waals surface area contributed by atoms with Gasteiger partial charge in [0.1, 0.15) is 11.5 Å². The summed E-state index contributed by atoms with van der Waals surface area (Å²) in [6.45, 7) is 4.14. The van der Waals surface area contributed by atoms with Gasteiger partial charge < -0.3 is 10.2 Å². The number of hydrogen-bond acceptors (Lipinski definition) is 2. The Morgan fingerprint density at radius 1 is 0.941 bits per heavy atom. The average Bonchev–Trinajstić information content (AvgIpc) is 2.30. The van der Waals surface area contributed by atoms with E-state index in [0.29, 0.717) is 6.42 Å². The van der Waals surface area contributed by atoms with E-state index in [1.165, 1.54) is 28.8 Å². The van der Waals surface area contributed by atoms with E-state index < -0.39 is 0 Å². The Bertz CT molecular complexity index is 545. The molecule has 2 aromatic rings. The van der Waals surface area contributed by atoms with E-state index in [1.54, 1.807) is 6.07 Å². The molecule has 0 fully saturated rings. The molecule has 0 aliphatic rings. The van der Waals surface area contributed by atoms with Gasteiger partial charge in [-0.25, -0.2) is 0 Å². The fourth-order valence-corrected chi connectivity index (χ4v) is 1.92. The highest BCUT2D eigenvalue weighted by atomic mass is 16.3. The lowest BCUT2D eigenvalue weighted by Crippen LogP contribution is -1.94. The smallest absolute Gasteiger partial charge is 0.119 e. The van der Waals surface area contributed by atoms with Crippen LogP contribution >= 0.6 is 0 Å². The third-order valence-electron chi connectivity index (χ3n) is 3.16. The number of aromatic hydroxyl groups is 2. The van der Waals surface area contributed by atoms with Crippen LogP contribution in [0.4, 0.5) is 0 Å². The standard InChI is InChI=1S/C15H16O2/c1-10-4-3-5-12(11(10)2)8-13-9-14(16)6-7-15(13)17/h3-7,9,16-17H,8H2,1-2H3. The minimum absolute atomic E-state index is 0.183. The zero-order chi connectivity index (χ0) is 12.4. The van der Waals surface area contributed by atoms with Gasteiger partial charge in [-0.2, -0.15) is 0 Å². The van der Waals surface area contributed by atoms with Crippen LogP contribution in [-0.2, 0) is 6.42 Å². The summed E-state index contributed by atoms with van der Waals surface area (Å²) in [6, 6.07) is 10.7. The molecule has 0 radical (unpaired) electrons. The van der Waals surface area contributed by atoms with Gasteiger partial charge in [-0.3, -0.25) is 0 Å². The number of benzene rings is 2. The van der Waals surface area contributed by atoms with Crippen LogP contribution in [0.5, 0.6) is 11.5 Å². The van der Waals surface area contributed by atoms with Crippen LogP contribution in [0.3, 0.4) is 0 Å². The Morgan fingerprint density at radius 2 is 1.71 bits per heavy atom. The SMILES string of the molecule is Cc1cccc(Cc2cc(O)ccc2O)c1C. The van der Waals surface area contributed by atoms with Crippen molar-refractivity contribution in [3.05, 3.63) is 58.7 Å². The maximum absolute atomic E-state index is 9.75. The first kappa shape index (κ1) is 11.5. The van der Waals surface area contributed by atoms with Gasteiger partial charge in [-0.05, 0) is 48.7 Å². The normalized spacial score (nSPS) is 10.5. The monoisotopic (exact) mass is 228 g/mol. The molecule has 0 aromatic heterocycles. The van der Waals surface area contributed by atoms with Crippen molar-refractivity contribution in [2.45, 2.75) is 20.3 Å². The van der Waals surface area contributed by atoms with E-state index in [4.69, 9.17) is 0 Å². The molecule has 0 unspecified atom stereocenters. The van der Waals surface area contributed by atoms with Crippen molar-refractivity contribution in [2.75, 3.05) is 0 Å². The molecule has 2 nitrogen and oxygen atoms in total. The van der Waals surface area contributed by atoms with E-state index in [2.05, 4.69) is 19.9 Å². The first-order valence-electron chi connectivity index (χ1n) is 5.64. The second kappa shape index (κ2) is 4.50. The van der Waals surface area contributed by atoms with Crippen molar-refractivity contribution < 1.29 is 10.2 Å². The maximum Gasteiger partial charge on any atom is 0.119 e. The zero-order valence-corrected chi connectivity index (χ0v) is 10.1. The Balaban J connectivity index is 2.38. The second-order valence-electron chi connectivity index (χ2n) is 4.35. The first-order chi connectivity index (χ1) is 8.08. The summed E-state index contributed by atoms with van der Waals surface area (Å²) >= 11 is 0. The number of aryl methyl sites for hydroxylation is 1.